The van der Waals surface area contributed by atoms with Crippen LogP contribution in [0.4, 0.5) is 0 Å². The van der Waals surface area contributed by atoms with Crippen molar-refractivity contribution in [3.63, 3.8) is 0 Å². The van der Waals surface area contributed by atoms with Crippen LogP contribution in [-0.4, -0.2) is 54.0 Å². The van der Waals surface area contributed by atoms with Crippen LogP contribution in [0.15, 0.2) is 48.8 Å². The Morgan fingerprint density at radius 2 is 1.71 bits per heavy atom. The van der Waals surface area contributed by atoms with Crippen LogP contribution in [0.25, 0.3) is 5.69 Å². The number of piperidine rings is 1. The van der Waals surface area contributed by atoms with Crippen LogP contribution in [0.5, 0.6) is 0 Å². The zero-order valence-electron chi connectivity index (χ0n) is 14.7. The van der Waals surface area contributed by atoms with Crippen LogP contribution in [0.1, 0.15) is 18.4 Å². The van der Waals surface area contributed by atoms with Gasteiger partial charge in [-0.05, 0) is 62.7 Å². The van der Waals surface area contributed by atoms with Gasteiger partial charge in [0.1, 0.15) is 0 Å². The normalized spacial score (nSPS) is 15.9. The van der Waals surface area contributed by atoms with Crippen LogP contribution >= 0.6 is 0 Å². The standard InChI is InChI=1S/C20H27N3O/c1-21(2)16-18-9-13-23(14-10-18)20(24)15-17-5-7-19(8-6-17)22-11-3-4-12-22/h3-8,11-12,18H,9-10,13-16H2,1-2H3. The van der Waals surface area contributed by atoms with Gasteiger partial charge < -0.3 is 14.4 Å². The topological polar surface area (TPSA) is 28.5 Å². The lowest BCUT2D eigenvalue weighted by Crippen LogP contribution is -2.41. The first-order valence-corrected chi connectivity index (χ1v) is 8.76. The summed E-state index contributed by atoms with van der Waals surface area (Å²) in [6.45, 7) is 2.93. The first-order chi connectivity index (χ1) is 11.6. The molecule has 2 aromatic rings. The van der Waals surface area contributed by atoms with Crippen molar-refractivity contribution in [2.75, 3.05) is 33.7 Å². The summed E-state index contributed by atoms with van der Waals surface area (Å²) >= 11 is 0. The van der Waals surface area contributed by atoms with E-state index in [1.54, 1.807) is 0 Å². The van der Waals surface area contributed by atoms with Crippen molar-refractivity contribution in [2.24, 2.45) is 5.92 Å². The van der Waals surface area contributed by atoms with E-state index < -0.39 is 0 Å². The Morgan fingerprint density at radius 1 is 1.08 bits per heavy atom. The molecule has 4 nitrogen and oxygen atoms in total. The summed E-state index contributed by atoms with van der Waals surface area (Å²) in [6, 6.07) is 12.3. The van der Waals surface area contributed by atoms with Gasteiger partial charge in [0.05, 0.1) is 6.42 Å². The van der Waals surface area contributed by atoms with Crippen molar-refractivity contribution in [1.82, 2.24) is 14.4 Å². The number of rotatable bonds is 5. The summed E-state index contributed by atoms with van der Waals surface area (Å²) in [5.74, 6) is 0.983. The monoisotopic (exact) mass is 325 g/mol. The third-order valence-electron chi connectivity index (χ3n) is 4.78. The molecule has 1 amide bonds. The molecule has 24 heavy (non-hydrogen) atoms. The predicted octanol–water partition coefficient (Wildman–Crippen LogP) is 2.82. The second-order valence-electron chi connectivity index (χ2n) is 7.02. The number of aromatic nitrogens is 1. The fourth-order valence-corrected chi connectivity index (χ4v) is 3.46. The van der Waals surface area contributed by atoms with Gasteiger partial charge in [-0.25, -0.2) is 0 Å². The van der Waals surface area contributed by atoms with Gasteiger partial charge in [-0.2, -0.15) is 0 Å². The minimum absolute atomic E-state index is 0.256. The molecule has 0 spiro atoms. The van der Waals surface area contributed by atoms with Gasteiger partial charge in [-0.15, -0.1) is 0 Å². The fraction of sp³-hybridized carbons (Fsp3) is 0.450. The Hall–Kier alpha value is -2.07. The molecule has 2 heterocycles. The maximum atomic E-state index is 12.5. The molecule has 0 aliphatic carbocycles. The van der Waals surface area contributed by atoms with E-state index >= 15 is 0 Å². The summed E-state index contributed by atoms with van der Waals surface area (Å²) in [4.78, 5) is 16.8. The van der Waals surface area contributed by atoms with E-state index in [1.165, 1.54) is 0 Å². The van der Waals surface area contributed by atoms with Gasteiger partial charge in [0.25, 0.3) is 0 Å². The summed E-state index contributed by atoms with van der Waals surface area (Å²) in [7, 11) is 4.24. The lowest BCUT2D eigenvalue weighted by atomic mass is 9.96. The smallest absolute Gasteiger partial charge is 0.226 e. The Bertz CT molecular complexity index is 638. The summed E-state index contributed by atoms with van der Waals surface area (Å²) in [5, 5.41) is 0. The van der Waals surface area contributed by atoms with Crippen LogP contribution in [0, 0.1) is 5.92 Å². The van der Waals surface area contributed by atoms with Crippen molar-refractivity contribution >= 4 is 5.91 Å². The fourth-order valence-electron chi connectivity index (χ4n) is 3.46. The van der Waals surface area contributed by atoms with E-state index in [0.717, 1.165) is 49.6 Å². The maximum Gasteiger partial charge on any atom is 0.226 e. The minimum Gasteiger partial charge on any atom is -0.342 e. The van der Waals surface area contributed by atoms with E-state index in [0.29, 0.717) is 6.42 Å². The maximum absolute atomic E-state index is 12.5. The third kappa shape index (κ3) is 4.26. The number of amides is 1. The van der Waals surface area contributed by atoms with Gasteiger partial charge >= 0.3 is 0 Å². The second kappa shape index (κ2) is 7.67. The van der Waals surface area contributed by atoms with E-state index in [9.17, 15) is 4.79 Å². The molecule has 0 atom stereocenters. The average Bonchev–Trinajstić information content (AvgIpc) is 3.10. The molecule has 0 unspecified atom stereocenters. The molecule has 1 aliphatic rings. The lowest BCUT2D eigenvalue weighted by Gasteiger charge is -2.33. The zero-order chi connectivity index (χ0) is 16.9. The number of likely N-dealkylation sites (tertiary alicyclic amines) is 1. The van der Waals surface area contributed by atoms with Crippen molar-refractivity contribution in [3.8, 4) is 5.69 Å². The molecule has 0 radical (unpaired) electrons. The van der Waals surface area contributed by atoms with Crippen LogP contribution in [0.2, 0.25) is 0 Å². The Kier molecular flexibility index (Phi) is 5.36. The van der Waals surface area contributed by atoms with Gasteiger partial charge in [0.2, 0.25) is 5.91 Å². The molecule has 0 saturated carbocycles. The Balaban J connectivity index is 1.52. The molecular weight excluding hydrogens is 298 g/mol. The molecule has 3 rings (SSSR count). The highest BCUT2D eigenvalue weighted by Crippen LogP contribution is 2.19. The molecule has 0 bridgehead atoms. The highest BCUT2D eigenvalue weighted by Gasteiger charge is 2.23. The largest absolute Gasteiger partial charge is 0.342 e. The molecule has 1 aliphatic heterocycles. The molecular formula is C20H27N3O. The minimum atomic E-state index is 0.256. The summed E-state index contributed by atoms with van der Waals surface area (Å²) in [6.07, 6.45) is 6.80. The molecule has 0 N–H and O–H groups in total. The van der Waals surface area contributed by atoms with Crippen molar-refractivity contribution in [1.29, 1.82) is 0 Å². The summed E-state index contributed by atoms with van der Waals surface area (Å²) < 4.78 is 2.07. The number of carbonyl (C=O) groups is 1. The van der Waals surface area contributed by atoms with Crippen molar-refractivity contribution in [2.45, 2.75) is 19.3 Å². The van der Waals surface area contributed by atoms with Crippen LogP contribution < -0.4 is 0 Å². The molecule has 4 heteroatoms. The van der Waals surface area contributed by atoms with E-state index in [4.69, 9.17) is 0 Å². The van der Waals surface area contributed by atoms with Crippen molar-refractivity contribution < 1.29 is 4.79 Å². The Morgan fingerprint density at radius 3 is 2.29 bits per heavy atom. The zero-order valence-corrected chi connectivity index (χ0v) is 14.7. The van der Waals surface area contributed by atoms with Crippen LogP contribution in [0.3, 0.4) is 0 Å². The number of carbonyl (C=O) groups excluding carboxylic acids is 1. The second-order valence-corrected chi connectivity index (χ2v) is 7.02. The highest BCUT2D eigenvalue weighted by molar-refractivity contribution is 5.78. The SMILES string of the molecule is CN(C)CC1CCN(C(=O)Cc2ccc(-n3cccc3)cc2)CC1. The van der Waals surface area contributed by atoms with E-state index in [-0.39, 0.29) is 5.91 Å². The third-order valence-corrected chi connectivity index (χ3v) is 4.78. The molecule has 1 aromatic heterocycles. The number of hydrogen-bond donors (Lipinski definition) is 0. The predicted molar refractivity (Wildman–Crippen MR) is 97.3 cm³/mol. The first kappa shape index (κ1) is 16.8. The lowest BCUT2D eigenvalue weighted by molar-refractivity contribution is -0.131. The van der Waals surface area contributed by atoms with E-state index in [1.807, 2.05) is 29.4 Å². The molecule has 1 aromatic carbocycles. The average molecular weight is 325 g/mol. The molecule has 128 valence electrons. The number of benzene rings is 1. The van der Waals surface area contributed by atoms with Gasteiger partial charge in [0, 0.05) is 37.7 Å². The number of hydrogen-bond acceptors (Lipinski definition) is 2. The molecule has 1 saturated heterocycles. The Labute approximate surface area is 144 Å². The van der Waals surface area contributed by atoms with Gasteiger partial charge in [-0.3, -0.25) is 4.79 Å². The first-order valence-electron chi connectivity index (χ1n) is 8.76. The summed E-state index contributed by atoms with van der Waals surface area (Å²) in [5.41, 5.74) is 2.21. The van der Waals surface area contributed by atoms with Gasteiger partial charge in [0.15, 0.2) is 0 Å². The quantitative estimate of drug-likeness (QED) is 0.846. The van der Waals surface area contributed by atoms with Crippen molar-refractivity contribution in [3.05, 3.63) is 54.4 Å². The van der Waals surface area contributed by atoms with E-state index in [2.05, 4.69) is 47.8 Å². The highest BCUT2D eigenvalue weighted by atomic mass is 16.2. The number of nitrogens with zero attached hydrogens (tertiary/aromatic N) is 3. The molecule has 1 fully saturated rings. The van der Waals surface area contributed by atoms with Crippen LogP contribution in [-0.2, 0) is 11.2 Å². The van der Waals surface area contributed by atoms with Gasteiger partial charge in [-0.1, -0.05) is 12.1 Å².